The Morgan fingerprint density at radius 3 is 2.47 bits per heavy atom. The van der Waals surface area contributed by atoms with Crippen molar-refractivity contribution in [2.75, 3.05) is 26.7 Å². The molecular weight excluding hydrogens is 459 g/mol. The highest BCUT2D eigenvalue weighted by Gasteiger charge is 2.38. The number of hydrogen-bond acceptors (Lipinski definition) is 5. The minimum Gasteiger partial charge on any atom is -0.487 e. The van der Waals surface area contributed by atoms with Gasteiger partial charge < -0.3 is 14.7 Å². The second-order valence-corrected chi connectivity index (χ2v) is 10.4. The lowest BCUT2D eigenvalue weighted by Crippen LogP contribution is -2.50. The number of ether oxygens (including phenoxy) is 1. The van der Waals surface area contributed by atoms with Gasteiger partial charge in [-0.1, -0.05) is 18.8 Å². The van der Waals surface area contributed by atoms with Crippen LogP contribution in [0.1, 0.15) is 31.9 Å². The van der Waals surface area contributed by atoms with Crippen molar-refractivity contribution in [2.45, 2.75) is 37.8 Å². The van der Waals surface area contributed by atoms with Gasteiger partial charge in [0, 0.05) is 43.6 Å². The van der Waals surface area contributed by atoms with E-state index in [0.717, 1.165) is 0 Å². The molecule has 1 aliphatic heterocycles. The first kappa shape index (κ1) is 25.7. The van der Waals surface area contributed by atoms with E-state index >= 15 is 0 Å². The Balaban J connectivity index is 2.07. The predicted octanol–water partition coefficient (Wildman–Crippen LogP) is 2.47. The molecule has 0 unspecified atom stereocenters. The van der Waals surface area contributed by atoms with E-state index in [1.54, 1.807) is 38.2 Å². The molecule has 1 N–H and O–H groups in total. The highest BCUT2D eigenvalue weighted by Crippen LogP contribution is 2.34. The molecule has 7 nitrogen and oxygen atoms in total. The molecule has 0 bridgehead atoms. The van der Waals surface area contributed by atoms with Crippen molar-refractivity contribution >= 4 is 15.9 Å². The molecule has 0 fully saturated rings. The average molecular weight is 489 g/mol. The normalized spacial score (nSPS) is 20.5. The maximum Gasteiger partial charge on any atom is 0.247 e. The lowest BCUT2D eigenvalue weighted by atomic mass is 10.0. The summed E-state index contributed by atoms with van der Waals surface area (Å²) in [6.07, 6.45) is -0.489. The molecule has 1 amide bonds. The third-order valence-corrected chi connectivity index (χ3v) is 7.87. The first-order chi connectivity index (χ1) is 16.0. The van der Waals surface area contributed by atoms with E-state index in [4.69, 9.17) is 4.74 Å². The average Bonchev–Trinajstić information content (AvgIpc) is 2.80. The van der Waals surface area contributed by atoms with Gasteiger partial charge in [-0.3, -0.25) is 4.79 Å². The fourth-order valence-corrected chi connectivity index (χ4v) is 5.42. The summed E-state index contributed by atoms with van der Waals surface area (Å²) in [5.74, 6) is 5.26. The van der Waals surface area contributed by atoms with Crippen molar-refractivity contribution < 1.29 is 27.4 Å². The zero-order chi connectivity index (χ0) is 25.0. The minimum atomic E-state index is -3.97. The van der Waals surface area contributed by atoms with Crippen molar-refractivity contribution in [3.63, 3.8) is 0 Å². The van der Waals surface area contributed by atoms with Crippen LogP contribution in [-0.2, 0) is 14.8 Å². The van der Waals surface area contributed by atoms with Crippen molar-refractivity contribution in [2.24, 2.45) is 5.92 Å². The fraction of sp³-hybridized carbons (Fsp3) is 0.400. The third kappa shape index (κ3) is 5.76. The Bertz CT molecular complexity index is 1200. The summed E-state index contributed by atoms with van der Waals surface area (Å²) in [6.45, 7) is 5.02. The van der Waals surface area contributed by atoms with Gasteiger partial charge in [0.1, 0.15) is 22.6 Å². The molecule has 0 spiro atoms. The Morgan fingerprint density at radius 1 is 1.24 bits per heavy atom. The van der Waals surface area contributed by atoms with Crippen molar-refractivity contribution in [1.82, 2.24) is 9.21 Å². The fourth-order valence-electron chi connectivity index (χ4n) is 3.60. The molecule has 182 valence electrons. The lowest BCUT2D eigenvalue weighted by molar-refractivity contribution is -0.129. The van der Waals surface area contributed by atoms with Gasteiger partial charge in [-0.2, -0.15) is 4.31 Å². The van der Waals surface area contributed by atoms with E-state index in [0.29, 0.717) is 11.1 Å². The zero-order valence-electron chi connectivity index (χ0n) is 19.7. The quantitative estimate of drug-likeness (QED) is 0.669. The molecule has 9 heteroatoms. The Hall–Kier alpha value is -2.93. The highest BCUT2D eigenvalue weighted by atomic mass is 32.2. The van der Waals surface area contributed by atoms with Gasteiger partial charge in [-0.25, -0.2) is 12.8 Å². The molecule has 3 rings (SSSR count). The number of halogens is 1. The van der Waals surface area contributed by atoms with E-state index < -0.39 is 22.2 Å². The molecule has 0 saturated carbocycles. The topological polar surface area (TPSA) is 87.2 Å². The molecule has 1 heterocycles. The number of carbonyl (C=O) groups is 1. The molecular formula is C25H29FN2O5S. The number of nitrogens with zero attached hydrogens (tertiary/aromatic N) is 2. The predicted molar refractivity (Wildman–Crippen MR) is 126 cm³/mol. The van der Waals surface area contributed by atoms with Crippen LogP contribution in [0.2, 0.25) is 0 Å². The summed E-state index contributed by atoms with van der Waals surface area (Å²) >= 11 is 0. The molecule has 2 aromatic carbocycles. The van der Waals surface area contributed by atoms with Gasteiger partial charge in [0.15, 0.2) is 0 Å². The van der Waals surface area contributed by atoms with Crippen LogP contribution in [0.15, 0.2) is 47.4 Å². The maximum absolute atomic E-state index is 13.5. The third-order valence-electron chi connectivity index (χ3n) is 5.85. The summed E-state index contributed by atoms with van der Waals surface area (Å²) in [4.78, 5) is 13.3. The standard InChI is InChI=1S/C25H29FN2O5S/c1-17-14-28(18(2)16-29)34(31,32)25-12-9-21(6-5-20-7-10-22(26)11-8-20)13-23(25)33-24(17)15-27(4)19(3)30/h7-13,17-18,24,29H,14-16H2,1-4H3/t17-,18+,24+/m1/s1. The first-order valence-electron chi connectivity index (χ1n) is 11.0. The van der Waals surface area contributed by atoms with E-state index in [9.17, 15) is 22.7 Å². The van der Waals surface area contributed by atoms with E-state index in [-0.39, 0.29) is 48.0 Å². The SMILES string of the molecule is CC(=O)N(C)C[C@@H]1Oc2cc(C#Cc3ccc(F)cc3)ccc2S(=O)(=O)N([C@@H](C)CO)C[C@H]1C. The summed E-state index contributed by atoms with van der Waals surface area (Å²) in [7, 11) is -2.31. The largest absolute Gasteiger partial charge is 0.487 e. The number of likely N-dealkylation sites (N-methyl/N-ethyl adjacent to an activating group) is 1. The summed E-state index contributed by atoms with van der Waals surface area (Å²) in [6, 6.07) is 9.69. The van der Waals surface area contributed by atoms with Crippen LogP contribution in [-0.4, -0.2) is 67.5 Å². The number of fused-ring (bicyclic) bond motifs is 1. The molecule has 0 aromatic heterocycles. The second kappa shape index (κ2) is 10.6. The van der Waals surface area contributed by atoms with Crippen LogP contribution in [0.3, 0.4) is 0 Å². The van der Waals surface area contributed by atoms with Crippen LogP contribution >= 0.6 is 0 Å². The zero-order valence-corrected chi connectivity index (χ0v) is 20.5. The Morgan fingerprint density at radius 2 is 1.85 bits per heavy atom. The number of carbonyl (C=O) groups excluding carboxylic acids is 1. The number of amides is 1. The van der Waals surface area contributed by atoms with Gasteiger partial charge in [0.25, 0.3) is 0 Å². The Kier molecular flexibility index (Phi) is 7.97. The van der Waals surface area contributed by atoms with Gasteiger partial charge in [-0.05, 0) is 49.4 Å². The van der Waals surface area contributed by atoms with Gasteiger partial charge in [0.05, 0.1) is 13.2 Å². The molecule has 3 atom stereocenters. The number of rotatable bonds is 4. The summed E-state index contributed by atoms with van der Waals surface area (Å²) < 4.78 is 47.6. The van der Waals surface area contributed by atoms with Crippen LogP contribution in [0.4, 0.5) is 4.39 Å². The van der Waals surface area contributed by atoms with Crippen LogP contribution in [0.25, 0.3) is 0 Å². The smallest absolute Gasteiger partial charge is 0.247 e. The van der Waals surface area contributed by atoms with Gasteiger partial charge in [0.2, 0.25) is 15.9 Å². The molecule has 0 saturated heterocycles. The number of sulfonamides is 1. The molecule has 0 aliphatic carbocycles. The molecule has 34 heavy (non-hydrogen) atoms. The second-order valence-electron chi connectivity index (χ2n) is 8.56. The highest BCUT2D eigenvalue weighted by molar-refractivity contribution is 7.89. The van der Waals surface area contributed by atoms with E-state index in [1.807, 2.05) is 6.92 Å². The van der Waals surface area contributed by atoms with Gasteiger partial charge in [-0.15, -0.1) is 0 Å². The summed E-state index contributed by atoms with van der Waals surface area (Å²) in [5.41, 5.74) is 1.13. The number of aliphatic hydroxyl groups excluding tert-OH is 1. The molecule has 0 radical (unpaired) electrons. The van der Waals surface area contributed by atoms with Crippen molar-refractivity contribution in [3.8, 4) is 17.6 Å². The first-order valence-corrected chi connectivity index (χ1v) is 12.4. The summed E-state index contributed by atoms with van der Waals surface area (Å²) in [5, 5.41) is 9.71. The monoisotopic (exact) mass is 488 g/mol. The van der Waals surface area contributed by atoms with Crippen LogP contribution in [0.5, 0.6) is 5.75 Å². The van der Waals surface area contributed by atoms with Gasteiger partial charge >= 0.3 is 0 Å². The molecule has 1 aliphatic rings. The van der Waals surface area contributed by atoms with E-state index in [2.05, 4.69) is 11.8 Å². The van der Waals surface area contributed by atoms with Crippen molar-refractivity contribution in [1.29, 1.82) is 0 Å². The Labute approximate surface area is 200 Å². The number of benzene rings is 2. The molecule has 2 aromatic rings. The lowest BCUT2D eigenvalue weighted by Gasteiger charge is -2.37. The van der Waals surface area contributed by atoms with Crippen LogP contribution < -0.4 is 4.74 Å². The van der Waals surface area contributed by atoms with Crippen molar-refractivity contribution in [3.05, 3.63) is 59.4 Å². The van der Waals surface area contributed by atoms with E-state index in [1.165, 1.54) is 34.3 Å². The number of hydrogen-bond donors (Lipinski definition) is 1. The minimum absolute atomic E-state index is 0.0255. The van der Waals surface area contributed by atoms with Crippen LogP contribution in [0, 0.1) is 23.6 Å². The number of aliphatic hydroxyl groups is 1. The maximum atomic E-state index is 13.5.